The maximum Gasteiger partial charge on any atom is 0.218 e. The van der Waals surface area contributed by atoms with Crippen LogP contribution in [-0.4, -0.2) is 35.8 Å². The highest BCUT2D eigenvalue weighted by molar-refractivity contribution is 14.1. The van der Waals surface area contributed by atoms with E-state index in [0.29, 0.717) is 12.5 Å². The fourth-order valence-electron chi connectivity index (χ4n) is 2.65. The van der Waals surface area contributed by atoms with Crippen LogP contribution < -0.4 is 14.4 Å². The van der Waals surface area contributed by atoms with E-state index in [2.05, 4.69) is 43.5 Å². The third-order valence-corrected chi connectivity index (χ3v) is 4.71. The van der Waals surface area contributed by atoms with Gasteiger partial charge in [-0.3, -0.25) is 0 Å². The molecule has 0 N–H and O–H groups in total. The maximum atomic E-state index is 6.14. The molecule has 0 spiro atoms. The van der Waals surface area contributed by atoms with Crippen molar-refractivity contribution in [3.05, 3.63) is 40.2 Å². The molecule has 0 radical (unpaired) electrons. The summed E-state index contributed by atoms with van der Waals surface area (Å²) in [4.78, 5) is 10.7. The molecule has 1 aliphatic rings. The highest BCUT2D eigenvalue weighted by atomic mass is 127. The smallest absolute Gasteiger partial charge is 0.218 e. The summed E-state index contributed by atoms with van der Waals surface area (Å²) >= 11 is 2.32. The van der Waals surface area contributed by atoms with Gasteiger partial charge in [0.1, 0.15) is 24.0 Å². The number of ether oxygens (including phenoxy) is 2. The van der Waals surface area contributed by atoms with Crippen LogP contribution in [0.5, 0.6) is 11.6 Å². The number of aromatic nitrogens is 2. The second kappa shape index (κ2) is 7.81. The van der Waals surface area contributed by atoms with Gasteiger partial charge in [0, 0.05) is 32.0 Å². The zero-order chi connectivity index (χ0) is 16.1. The van der Waals surface area contributed by atoms with Gasteiger partial charge in [-0.2, -0.15) is 0 Å². The Bertz CT molecular complexity index is 645. The summed E-state index contributed by atoms with van der Waals surface area (Å²) in [6.45, 7) is 4.42. The van der Waals surface area contributed by atoms with Crippen molar-refractivity contribution < 1.29 is 9.47 Å². The molecule has 6 heteroatoms. The van der Waals surface area contributed by atoms with Crippen molar-refractivity contribution >= 4 is 28.4 Å². The van der Waals surface area contributed by atoms with E-state index in [9.17, 15) is 0 Å². The first-order valence-corrected chi connectivity index (χ1v) is 8.95. The summed E-state index contributed by atoms with van der Waals surface area (Å²) in [7, 11) is 0. The lowest BCUT2D eigenvalue weighted by molar-refractivity contribution is 0.169. The number of hydrogen-bond donors (Lipinski definition) is 0. The normalized spacial score (nSPS) is 15.5. The van der Waals surface area contributed by atoms with Gasteiger partial charge in [-0.15, -0.1) is 0 Å². The number of para-hydroxylation sites is 1. The van der Waals surface area contributed by atoms with E-state index in [-0.39, 0.29) is 6.10 Å². The number of halogens is 1. The van der Waals surface area contributed by atoms with Crippen LogP contribution >= 0.6 is 22.6 Å². The lowest BCUT2D eigenvalue weighted by atomic mass is 10.1. The minimum atomic E-state index is 0.260. The van der Waals surface area contributed by atoms with Crippen molar-refractivity contribution in [2.24, 2.45) is 0 Å². The van der Waals surface area contributed by atoms with Gasteiger partial charge < -0.3 is 14.4 Å². The van der Waals surface area contributed by atoms with E-state index in [1.807, 2.05) is 31.2 Å². The largest absolute Gasteiger partial charge is 0.489 e. The van der Waals surface area contributed by atoms with Gasteiger partial charge in [0.25, 0.3) is 0 Å². The third-order valence-electron chi connectivity index (χ3n) is 3.82. The fraction of sp³-hybridized carbons (Fsp3) is 0.412. The Morgan fingerprint density at radius 2 is 2.00 bits per heavy atom. The molecule has 5 nitrogen and oxygen atoms in total. The van der Waals surface area contributed by atoms with Gasteiger partial charge in [-0.25, -0.2) is 9.97 Å². The van der Waals surface area contributed by atoms with E-state index >= 15 is 0 Å². The molecule has 0 saturated carbocycles. The lowest BCUT2D eigenvalue weighted by Gasteiger charge is -2.33. The van der Waals surface area contributed by atoms with Crippen molar-refractivity contribution in [2.45, 2.75) is 25.9 Å². The topological polar surface area (TPSA) is 47.5 Å². The number of hydrogen-bond acceptors (Lipinski definition) is 5. The van der Waals surface area contributed by atoms with Crippen molar-refractivity contribution in [3.8, 4) is 11.6 Å². The van der Waals surface area contributed by atoms with E-state index in [1.165, 1.54) is 0 Å². The van der Waals surface area contributed by atoms with Crippen LogP contribution in [0.3, 0.4) is 0 Å². The van der Waals surface area contributed by atoms with Crippen LogP contribution in [0, 0.1) is 3.57 Å². The molecule has 0 bridgehead atoms. The zero-order valence-electron chi connectivity index (χ0n) is 13.1. The van der Waals surface area contributed by atoms with Crippen molar-refractivity contribution in [1.82, 2.24) is 9.97 Å². The molecule has 1 saturated heterocycles. The maximum absolute atomic E-state index is 6.14. The molecule has 23 heavy (non-hydrogen) atoms. The lowest BCUT2D eigenvalue weighted by Crippen LogP contribution is -2.38. The molecule has 0 atom stereocenters. The Kier molecular flexibility index (Phi) is 5.53. The van der Waals surface area contributed by atoms with Crippen LogP contribution in [0.25, 0.3) is 0 Å². The van der Waals surface area contributed by atoms with Gasteiger partial charge in [0.2, 0.25) is 5.88 Å². The SMILES string of the molecule is CCOc1cc(N2CCC(Oc3ccccc3I)CC2)ncn1. The first kappa shape index (κ1) is 16.3. The van der Waals surface area contributed by atoms with Crippen LogP contribution in [0.15, 0.2) is 36.7 Å². The molecule has 0 unspecified atom stereocenters. The van der Waals surface area contributed by atoms with E-state index in [0.717, 1.165) is 41.1 Å². The van der Waals surface area contributed by atoms with Gasteiger partial charge >= 0.3 is 0 Å². The van der Waals surface area contributed by atoms with Crippen LogP contribution in [0.2, 0.25) is 0 Å². The first-order chi connectivity index (χ1) is 11.3. The molecule has 2 heterocycles. The summed E-state index contributed by atoms with van der Waals surface area (Å²) in [5.41, 5.74) is 0. The molecule has 1 fully saturated rings. The summed E-state index contributed by atoms with van der Waals surface area (Å²) < 4.78 is 12.7. The molecule has 122 valence electrons. The van der Waals surface area contributed by atoms with Crippen molar-refractivity contribution in [3.63, 3.8) is 0 Å². The Hall–Kier alpha value is -1.57. The first-order valence-electron chi connectivity index (χ1n) is 7.87. The number of anilines is 1. The fourth-order valence-corrected chi connectivity index (χ4v) is 3.17. The zero-order valence-corrected chi connectivity index (χ0v) is 15.3. The molecular formula is C17H20IN3O2. The molecule has 1 aliphatic heterocycles. The Labute approximate surface area is 150 Å². The van der Waals surface area contributed by atoms with E-state index in [1.54, 1.807) is 6.33 Å². The predicted octanol–water partition coefficient (Wildman–Crippen LogP) is 3.53. The average molecular weight is 425 g/mol. The van der Waals surface area contributed by atoms with E-state index in [4.69, 9.17) is 9.47 Å². The molecule has 1 aromatic carbocycles. The highest BCUT2D eigenvalue weighted by Gasteiger charge is 2.22. The molecular weight excluding hydrogens is 405 g/mol. The third kappa shape index (κ3) is 4.25. The quantitative estimate of drug-likeness (QED) is 0.687. The summed E-state index contributed by atoms with van der Waals surface area (Å²) in [6, 6.07) is 10.1. The minimum absolute atomic E-state index is 0.260. The Balaban J connectivity index is 1.58. The van der Waals surface area contributed by atoms with Crippen molar-refractivity contribution in [2.75, 3.05) is 24.6 Å². The number of piperidine rings is 1. The highest BCUT2D eigenvalue weighted by Crippen LogP contribution is 2.26. The van der Waals surface area contributed by atoms with Gasteiger partial charge in [-0.05, 0) is 41.6 Å². The molecule has 0 aliphatic carbocycles. The van der Waals surface area contributed by atoms with E-state index < -0.39 is 0 Å². The molecule has 0 amide bonds. The molecule has 2 aromatic rings. The second-order valence-corrected chi connectivity index (χ2v) is 6.54. The monoisotopic (exact) mass is 425 g/mol. The van der Waals surface area contributed by atoms with Gasteiger partial charge in [0.05, 0.1) is 10.2 Å². The standard InChI is InChI=1S/C17H20IN3O2/c1-2-22-17-11-16(19-12-20-17)21-9-7-13(8-10-21)23-15-6-4-3-5-14(15)18/h3-6,11-13H,2,7-10H2,1H3. The van der Waals surface area contributed by atoms with Crippen LogP contribution in [-0.2, 0) is 0 Å². The Morgan fingerprint density at radius 3 is 2.74 bits per heavy atom. The Morgan fingerprint density at radius 1 is 1.22 bits per heavy atom. The van der Waals surface area contributed by atoms with Crippen LogP contribution in [0.4, 0.5) is 5.82 Å². The minimum Gasteiger partial charge on any atom is -0.489 e. The molecule has 1 aromatic heterocycles. The van der Waals surface area contributed by atoms with Crippen molar-refractivity contribution in [1.29, 1.82) is 0 Å². The number of rotatable bonds is 5. The number of nitrogens with zero attached hydrogens (tertiary/aromatic N) is 3. The average Bonchev–Trinajstić information content (AvgIpc) is 2.58. The summed E-state index contributed by atoms with van der Waals surface area (Å²) in [5, 5.41) is 0. The second-order valence-electron chi connectivity index (χ2n) is 5.38. The molecule has 3 rings (SSSR count). The summed E-state index contributed by atoms with van der Waals surface area (Å²) in [5.74, 6) is 2.54. The van der Waals surface area contributed by atoms with Crippen LogP contribution in [0.1, 0.15) is 19.8 Å². The number of benzene rings is 1. The van der Waals surface area contributed by atoms with Gasteiger partial charge in [0.15, 0.2) is 0 Å². The predicted molar refractivity (Wildman–Crippen MR) is 98.2 cm³/mol. The summed E-state index contributed by atoms with van der Waals surface area (Å²) in [6.07, 6.45) is 3.79. The van der Waals surface area contributed by atoms with Gasteiger partial charge in [-0.1, -0.05) is 12.1 Å².